The van der Waals surface area contributed by atoms with E-state index in [0.29, 0.717) is 0 Å². The summed E-state index contributed by atoms with van der Waals surface area (Å²) in [6, 6.07) is 0.119. The second-order valence-electron chi connectivity index (χ2n) is 4.11. The summed E-state index contributed by atoms with van der Waals surface area (Å²) in [5.41, 5.74) is 0.905. The van der Waals surface area contributed by atoms with E-state index in [1.54, 1.807) is 12.5 Å². The first-order valence-corrected chi connectivity index (χ1v) is 6.30. The molecule has 1 atom stereocenters. The maximum Gasteiger partial charge on any atom is 0.138 e. The Hall–Kier alpha value is -1.76. The highest BCUT2D eigenvalue weighted by molar-refractivity contribution is 5.04. The van der Waals surface area contributed by atoms with Crippen molar-refractivity contribution < 1.29 is 0 Å². The molecule has 0 fully saturated rings. The topological polar surface area (TPSA) is 84.3 Å². The molecule has 0 radical (unpaired) electrons. The van der Waals surface area contributed by atoms with Gasteiger partial charge in [0.05, 0.1) is 17.9 Å². The lowest BCUT2D eigenvalue weighted by molar-refractivity contribution is 0.490. The minimum absolute atomic E-state index is 0.119. The van der Waals surface area contributed by atoms with Crippen LogP contribution < -0.4 is 5.32 Å². The molecule has 2 N–H and O–H groups in total. The molecule has 0 aliphatic heterocycles. The normalized spacial score (nSPS) is 12.8. The van der Waals surface area contributed by atoms with Gasteiger partial charge in [-0.3, -0.25) is 4.68 Å². The third-order valence-electron chi connectivity index (χ3n) is 2.76. The molecular formula is C11H19N7. The maximum absolute atomic E-state index is 4.32. The Kier molecular flexibility index (Phi) is 4.40. The van der Waals surface area contributed by atoms with Crippen molar-refractivity contribution in [2.24, 2.45) is 0 Å². The van der Waals surface area contributed by atoms with E-state index in [1.165, 1.54) is 0 Å². The molecule has 0 saturated carbocycles. The minimum atomic E-state index is 0.119. The monoisotopic (exact) mass is 249 g/mol. The van der Waals surface area contributed by atoms with Crippen LogP contribution in [0, 0.1) is 0 Å². The van der Waals surface area contributed by atoms with Crippen LogP contribution in [0.1, 0.15) is 37.8 Å². The van der Waals surface area contributed by atoms with Crippen LogP contribution in [0.2, 0.25) is 0 Å². The lowest BCUT2D eigenvalue weighted by Gasteiger charge is -2.15. The Bertz CT molecular complexity index is 448. The van der Waals surface area contributed by atoms with Gasteiger partial charge in [0.2, 0.25) is 0 Å². The Labute approximate surface area is 106 Å². The number of nitrogens with one attached hydrogen (secondary N) is 2. The zero-order chi connectivity index (χ0) is 12.8. The zero-order valence-electron chi connectivity index (χ0n) is 10.8. The Morgan fingerprint density at radius 1 is 1.44 bits per heavy atom. The van der Waals surface area contributed by atoms with Crippen molar-refractivity contribution in [2.45, 2.75) is 39.3 Å². The van der Waals surface area contributed by atoms with Crippen LogP contribution in [-0.2, 0) is 13.0 Å². The van der Waals surface area contributed by atoms with E-state index in [9.17, 15) is 0 Å². The van der Waals surface area contributed by atoms with Crippen molar-refractivity contribution in [3.8, 4) is 0 Å². The highest BCUT2D eigenvalue weighted by Crippen LogP contribution is 2.14. The zero-order valence-corrected chi connectivity index (χ0v) is 10.8. The van der Waals surface area contributed by atoms with Gasteiger partial charge in [-0.2, -0.15) is 20.5 Å². The summed E-state index contributed by atoms with van der Waals surface area (Å²) in [7, 11) is 0. The van der Waals surface area contributed by atoms with Crippen molar-refractivity contribution in [2.75, 3.05) is 6.54 Å². The number of aromatic amines is 1. The number of H-pyrrole nitrogens is 1. The van der Waals surface area contributed by atoms with Crippen LogP contribution in [-0.4, -0.2) is 36.7 Å². The van der Waals surface area contributed by atoms with Crippen molar-refractivity contribution >= 4 is 0 Å². The summed E-state index contributed by atoms with van der Waals surface area (Å²) in [6.07, 6.45) is 5.16. The Morgan fingerprint density at radius 2 is 2.33 bits per heavy atom. The maximum atomic E-state index is 4.32. The molecule has 0 aromatic carbocycles. The highest BCUT2D eigenvalue weighted by atomic mass is 15.3. The molecule has 2 rings (SSSR count). The summed E-state index contributed by atoms with van der Waals surface area (Å²) >= 11 is 0. The molecule has 0 bridgehead atoms. The van der Waals surface area contributed by atoms with Gasteiger partial charge in [0.25, 0.3) is 0 Å². The molecule has 0 aliphatic rings. The van der Waals surface area contributed by atoms with Crippen LogP contribution in [0.3, 0.4) is 0 Å². The van der Waals surface area contributed by atoms with Gasteiger partial charge < -0.3 is 5.32 Å². The van der Waals surface area contributed by atoms with Gasteiger partial charge in [-0.25, -0.2) is 4.98 Å². The van der Waals surface area contributed by atoms with Gasteiger partial charge in [-0.1, -0.05) is 13.8 Å². The fraction of sp³-hybridized carbons (Fsp3) is 0.636. The van der Waals surface area contributed by atoms with Gasteiger partial charge in [-0.05, 0) is 13.0 Å². The third-order valence-corrected chi connectivity index (χ3v) is 2.76. The summed E-state index contributed by atoms with van der Waals surface area (Å²) in [6.45, 7) is 5.97. The van der Waals surface area contributed by atoms with Gasteiger partial charge in [-0.15, -0.1) is 0 Å². The van der Waals surface area contributed by atoms with Crippen LogP contribution in [0.15, 0.2) is 12.5 Å². The fourth-order valence-corrected chi connectivity index (χ4v) is 1.93. The lowest BCUT2D eigenvalue weighted by Crippen LogP contribution is -2.25. The predicted octanol–water partition coefficient (Wildman–Crippen LogP) is 0.699. The van der Waals surface area contributed by atoms with Gasteiger partial charge in [0.1, 0.15) is 12.2 Å². The minimum Gasteiger partial charge on any atom is -0.308 e. The van der Waals surface area contributed by atoms with Crippen molar-refractivity contribution in [1.29, 1.82) is 0 Å². The summed E-state index contributed by atoms with van der Waals surface area (Å²) in [5, 5.41) is 18.3. The van der Waals surface area contributed by atoms with E-state index in [4.69, 9.17) is 0 Å². The molecule has 0 amide bonds. The SMILES string of the molecule is CCCn1ncnc1CC(NCC)c1cn[nH]n1. The van der Waals surface area contributed by atoms with Crippen molar-refractivity contribution in [1.82, 2.24) is 35.5 Å². The van der Waals surface area contributed by atoms with Crippen molar-refractivity contribution in [3.63, 3.8) is 0 Å². The number of nitrogens with zero attached hydrogens (tertiary/aromatic N) is 5. The third kappa shape index (κ3) is 2.92. The Morgan fingerprint density at radius 3 is 3.00 bits per heavy atom. The average Bonchev–Trinajstić information content (AvgIpc) is 3.01. The van der Waals surface area contributed by atoms with Crippen LogP contribution in [0.4, 0.5) is 0 Å². The van der Waals surface area contributed by atoms with E-state index in [1.807, 2.05) is 4.68 Å². The van der Waals surface area contributed by atoms with Crippen LogP contribution >= 0.6 is 0 Å². The predicted molar refractivity (Wildman–Crippen MR) is 66.8 cm³/mol. The Balaban J connectivity index is 2.11. The number of hydrogen-bond acceptors (Lipinski definition) is 5. The summed E-state index contributed by atoms with van der Waals surface area (Å²) < 4.78 is 1.95. The smallest absolute Gasteiger partial charge is 0.138 e. The van der Waals surface area contributed by atoms with Crippen LogP contribution in [0.5, 0.6) is 0 Å². The molecule has 7 heteroatoms. The van der Waals surface area contributed by atoms with E-state index < -0.39 is 0 Å². The molecule has 0 spiro atoms. The average molecular weight is 249 g/mol. The van der Waals surface area contributed by atoms with Gasteiger partial charge in [0.15, 0.2) is 0 Å². The van der Waals surface area contributed by atoms with E-state index >= 15 is 0 Å². The number of rotatable bonds is 7. The molecule has 98 valence electrons. The highest BCUT2D eigenvalue weighted by Gasteiger charge is 2.17. The number of aromatic nitrogens is 6. The standard InChI is InChI=1S/C11H19N7/c1-3-5-18-11(13-8-15-18)6-9(12-4-2)10-7-14-17-16-10/h7-9,12H,3-6H2,1-2H3,(H,14,16,17). The van der Waals surface area contributed by atoms with E-state index in [-0.39, 0.29) is 6.04 Å². The number of likely N-dealkylation sites (N-methyl/N-ethyl adjacent to an activating group) is 1. The van der Waals surface area contributed by atoms with E-state index in [2.05, 4.69) is 44.7 Å². The first-order chi connectivity index (χ1) is 8.85. The largest absolute Gasteiger partial charge is 0.308 e. The summed E-state index contributed by atoms with van der Waals surface area (Å²) in [5.74, 6) is 0.978. The lowest BCUT2D eigenvalue weighted by atomic mass is 10.1. The molecule has 2 aromatic heterocycles. The first kappa shape index (κ1) is 12.7. The molecule has 2 heterocycles. The van der Waals surface area contributed by atoms with Gasteiger partial charge >= 0.3 is 0 Å². The van der Waals surface area contributed by atoms with Crippen molar-refractivity contribution in [3.05, 3.63) is 24.0 Å². The molecular weight excluding hydrogens is 230 g/mol. The first-order valence-electron chi connectivity index (χ1n) is 6.30. The van der Waals surface area contributed by atoms with Gasteiger partial charge in [0, 0.05) is 13.0 Å². The molecule has 7 nitrogen and oxygen atoms in total. The fourth-order valence-electron chi connectivity index (χ4n) is 1.93. The molecule has 0 aliphatic carbocycles. The second-order valence-corrected chi connectivity index (χ2v) is 4.11. The molecule has 2 aromatic rings. The van der Waals surface area contributed by atoms with Crippen LogP contribution in [0.25, 0.3) is 0 Å². The summed E-state index contributed by atoms with van der Waals surface area (Å²) in [4.78, 5) is 4.32. The number of hydrogen-bond donors (Lipinski definition) is 2. The second kappa shape index (κ2) is 6.25. The van der Waals surface area contributed by atoms with E-state index in [0.717, 1.165) is 37.4 Å². The quantitative estimate of drug-likeness (QED) is 0.754. The molecule has 0 saturated heterocycles. The molecule has 18 heavy (non-hydrogen) atoms. The molecule has 1 unspecified atom stereocenters. The number of aryl methyl sites for hydroxylation is 1.